The van der Waals surface area contributed by atoms with Crippen molar-refractivity contribution in [3.05, 3.63) is 108 Å². The van der Waals surface area contributed by atoms with E-state index in [1.54, 1.807) is 7.11 Å². The Morgan fingerprint density at radius 2 is 0.909 bits per heavy atom. The Morgan fingerprint density at radius 3 is 1.18 bits per heavy atom. The third kappa shape index (κ3) is 2.70. The first kappa shape index (κ1) is 15.0. The Morgan fingerprint density at radius 1 is 0.591 bits per heavy atom. The quantitative estimate of drug-likeness (QED) is 0.464. The summed E-state index contributed by atoms with van der Waals surface area (Å²) in [4.78, 5) is 0. The zero-order chi connectivity index (χ0) is 15.3. The average Bonchev–Trinajstić information content (AvgIpc) is 2.62. The maximum absolute atomic E-state index is 5.70. The van der Waals surface area contributed by atoms with Gasteiger partial charge in [-0.15, -0.1) is 0 Å². The molecule has 0 bridgehead atoms. The van der Waals surface area contributed by atoms with Crippen molar-refractivity contribution >= 4 is 8.81 Å². The van der Waals surface area contributed by atoms with E-state index < -0.39 is 0 Å². The monoisotopic (exact) mass is 306 g/mol. The molecule has 0 heterocycles. The van der Waals surface area contributed by atoms with Gasteiger partial charge in [0.2, 0.25) is 0 Å². The molecule has 0 spiro atoms. The molecular weight excluding hydrogens is 287 g/mol. The molecule has 0 aliphatic heterocycles. The highest BCUT2D eigenvalue weighted by molar-refractivity contribution is 7.34. The van der Waals surface area contributed by atoms with Crippen LogP contribution in [0.1, 0.15) is 16.7 Å². The number of rotatable bonds is 5. The molecule has 2 heteroatoms. The summed E-state index contributed by atoms with van der Waals surface area (Å²) in [6, 6.07) is 31.8. The maximum Gasteiger partial charge on any atom is 0.0866 e. The largest absolute Gasteiger partial charge is 0.364 e. The highest BCUT2D eigenvalue weighted by Gasteiger charge is 2.36. The molecule has 1 atom stereocenters. The van der Waals surface area contributed by atoms with E-state index in [0.717, 1.165) is 0 Å². The van der Waals surface area contributed by atoms with Gasteiger partial charge in [0.05, 0.1) is 5.16 Å². The van der Waals surface area contributed by atoms with E-state index in [2.05, 4.69) is 91.0 Å². The molecule has 0 fully saturated rings. The Balaban J connectivity index is 2.29. The molecule has 0 aromatic heterocycles. The van der Waals surface area contributed by atoms with E-state index in [-0.39, 0.29) is 5.16 Å². The molecular formula is C20H19OP. The summed E-state index contributed by atoms with van der Waals surface area (Å²) in [6.45, 7) is 0. The predicted molar refractivity (Wildman–Crippen MR) is 94.5 cm³/mol. The molecule has 0 radical (unpaired) electrons. The van der Waals surface area contributed by atoms with Gasteiger partial charge in [-0.05, 0) is 16.7 Å². The fourth-order valence-electron chi connectivity index (χ4n) is 2.89. The van der Waals surface area contributed by atoms with Crippen LogP contribution in [-0.4, -0.2) is 7.11 Å². The van der Waals surface area contributed by atoms with Crippen LogP contribution in [0.15, 0.2) is 91.0 Å². The van der Waals surface area contributed by atoms with E-state index >= 15 is 0 Å². The molecule has 110 valence electrons. The summed E-state index contributed by atoms with van der Waals surface area (Å²) in [5, 5.41) is -0.265. The van der Waals surface area contributed by atoms with Crippen LogP contribution >= 0.6 is 8.81 Å². The van der Waals surface area contributed by atoms with Gasteiger partial charge in [0, 0.05) is 15.9 Å². The highest BCUT2D eigenvalue weighted by atomic mass is 31.1. The van der Waals surface area contributed by atoms with E-state index in [0.29, 0.717) is 8.81 Å². The molecule has 3 rings (SSSR count). The standard InChI is InChI=1S/C20H19OP/c1-21-22-20(17-11-5-2-6-12-17,18-13-7-3-8-14-18)19-15-9-4-10-16-19/h2-16,22H,1H3. The third-order valence-electron chi connectivity index (χ3n) is 3.88. The molecule has 1 nitrogen and oxygen atoms in total. The van der Waals surface area contributed by atoms with Crippen LogP contribution in [0.25, 0.3) is 0 Å². The van der Waals surface area contributed by atoms with Gasteiger partial charge in [0.15, 0.2) is 0 Å². The summed E-state index contributed by atoms with van der Waals surface area (Å²) in [5.74, 6) is 0. The Bertz CT molecular complexity index is 599. The molecule has 0 saturated carbocycles. The fourth-order valence-corrected chi connectivity index (χ4v) is 4.05. The van der Waals surface area contributed by atoms with E-state index in [1.165, 1.54) is 16.7 Å². The fraction of sp³-hybridized carbons (Fsp3) is 0.100. The minimum absolute atomic E-state index is 0.265. The van der Waals surface area contributed by atoms with Crippen LogP contribution in [0.3, 0.4) is 0 Å². The van der Waals surface area contributed by atoms with Crippen LogP contribution in [0.2, 0.25) is 0 Å². The normalized spacial score (nSPS) is 11.9. The SMILES string of the molecule is COPC(c1ccccc1)(c1ccccc1)c1ccccc1. The summed E-state index contributed by atoms with van der Waals surface area (Å²) in [7, 11) is 2.09. The number of hydrogen-bond acceptors (Lipinski definition) is 1. The maximum atomic E-state index is 5.70. The van der Waals surface area contributed by atoms with Crippen molar-refractivity contribution in [3.8, 4) is 0 Å². The Kier molecular flexibility index (Phi) is 4.68. The molecule has 1 unspecified atom stereocenters. The van der Waals surface area contributed by atoms with Crippen molar-refractivity contribution in [3.63, 3.8) is 0 Å². The van der Waals surface area contributed by atoms with Gasteiger partial charge in [-0.1, -0.05) is 91.0 Å². The van der Waals surface area contributed by atoms with E-state index in [9.17, 15) is 0 Å². The number of benzene rings is 3. The van der Waals surface area contributed by atoms with Gasteiger partial charge in [-0.2, -0.15) is 0 Å². The first-order valence-corrected chi connectivity index (χ1v) is 8.25. The lowest BCUT2D eigenvalue weighted by atomic mass is 9.84. The predicted octanol–water partition coefficient (Wildman–Crippen LogP) is 5.22. The minimum atomic E-state index is -0.265. The van der Waals surface area contributed by atoms with Crippen molar-refractivity contribution in [2.45, 2.75) is 5.16 Å². The van der Waals surface area contributed by atoms with E-state index in [1.807, 2.05) is 0 Å². The molecule has 3 aromatic carbocycles. The molecule has 0 saturated heterocycles. The smallest absolute Gasteiger partial charge is 0.0866 e. The van der Waals surface area contributed by atoms with Crippen molar-refractivity contribution in [2.75, 3.05) is 7.11 Å². The van der Waals surface area contributed by atoms with Gasteiger partial charge >= 0.3 is 0 Å². The zero-order valence-electron chi connectivity index (χ0n) is 12.6. The Labute approximate surface area is 133 Å². The number of hydrogen-bond donors (Lipinski definition) is 0. The highest BCUT2D eigenvalue weighted by Crippen LogP contribution is 2.52. The first-order chi connectivity index (χ1) is 10.9. The van der Waals surface area contributed by atoms with Crippen molar-refractivity contribution in [2.24, 2.45) is 0 Å². The van der Waals surface area contributed by atoms with Crippen molar-refractivity contribution in [1.29, 1.82) is 0 Å². The van der Waals surface area contributed by atoms with E-state index in [4.69, 9.17) is 4.52 Å². The molecule has 22 heavy (non-hydrogen) atoms. The second-order valence-electron chi connectivity index (χ2n) is 5.15. The molecule has 0 aliphatic carbocycles. The van der Waals surface area contributed by atoms with Crippen molar-refractivity contribution < 1.29 is 4.52 Å². The summed E-state index contributed by atoms with van der Waals surface area (Å²) in [5.41, 5.74) is 3.77. The van der Waals surface area contributed by atoms with Gasteiger partial charge < -0.3 is 4.52 Å². The van der Waals surface area contributed by atoms with Crippen molar-refractivity contribution in [1.82, 2.24) is 0 Å². The molecule has 0 aliphatic rings. The first-order valence-electron chi connectivity index (χ1n) is 7.34. The van der Waals surface area contributed by atoms with Crippen LogP contribution in [0, 0.1) is 0 Å². The summed E-state index contributed by atoms with van der Waals surface area (Å²) in [6.07, 6.45) is 0. The molecule has 0 amide bonds. The van der Waals surface area contributed by atoms with Crippen LogP contribution < -0.4 is 0 Å². The van der Waals surface area contributed by atoms with Gasteiger partial charge in [-0.3, -0.25) is 0 Å². The second-order valence-corrected chi connectivity index (χ2v) is 6.52. The van der Waals surface area contributed by atoms with Crippen LogP contribution in [0.5, 0.6) is 0 Å². The van der Waals surface area contributed by atoms with Gasteiger partial charge in [-0.25, -0.2) is 0 Å². The van der Waals surface area contributed by atoms with Crippen LogP contribution in [0.4, 0.5) is 0 Å². The third-order valence-corrected chi connectivity index (χ3v) is 5.25. The van der Waals surface area contributed by atoms with Gasteiger partial charge in [0.1, 0.15) is 0 Å². The average molecular weight is 306 g/mol. The summed E-state index contributed by atoms with van der Waals surface area (Å²) < 4.78 is 5.70. The Hall–Kier alpha value is -1.95. The lowest BCUT2D eigenvalue weighted by Crippen LogP contribution is -2.24. The minimum Gasteiger partial charge on any atom is -0.364 e. The second kappa shape index (κ2) is 6.87. The lowest BCUT2D eigenvalue weighted by Gasteiger charge is -2.34. The topological polar surface area (TPSA) is 9.23 Å². The molecule has 0 N–H and O–H groups in total. The van der Waals surface area contributed by atoms with Gasteiger partial charge in [0.25, 0.3) is 0 Å². The molecule has 3 aromatic rings. The van der Waals surface area contributed by atoms with Crippen LogP contribution in [-0.2, 0) is 9.68 Å². The zero-order valence-corrected chi connectivity index (χ0v) is 13.6. The lowest BCUT2D eigenvalue weighted by molar-refractivity contribution is 0.463. The summed E-state index contributed by atoms with van der Waals surface area (Å²) >= 11 is 0.